The Morgan fingerprint density at radius 3 is 2.62 bits per heavy atom. The topological polar surface area (TPSA) is 109 Å². The van der Waals surface area contributed by atoms with Crippen LogP contribution >= 0.6 is 0 Å². The molecule has 0 saturated heterocycles. The summed E-state index contributed by atoms with van der Waals surface area (Å²) in [7, 11) is 0. The second-order valence-corrected chi connectivity index (χ2v) is 3.30. The summed E-state index contributed by atoms with van der Waals surface area (Å²) in [6, 6.07) is 1.84. The van der Waals surface area contributed by atoms with Crippen LogP contribution in [-0.2, 0) is 9.53 Å². The Morgan fingerprint density at radius 2 is 2.19 bits per heavy atom. The van der Waals surface area contributed by atoms with Crippen molar-refractivity contribution in [2.75, 3.05) is 0 Å². The van der Waals surface area contributed by atoms with E-state index in [0.717, 1.165) is 0 Å². The van der Waals surface area contributed by atoms with E-state index in [0.29, 0.717) is 0 Å². The average molecular weight is 228 g/mol. The van der Waals surface area contributed by atoms with Gasteiger partial charge >= 0.3 is 11.9 Å². The van der Waals surface area contributed by atoms with Gasteiger partial charge < -0.3 is 14.9 Å². The van der Waals surface area contributed by atoms with Crippen molar-refractivity contribution in [3.8, 4) is 0 Å². The number of nitrogens with zero attached hydrogens (tertiary/aromatic N) is 1. The van der Waals surface area contributed by atoms with E-state index in [4.69, 9.17) is 14.9 Å². The minimum absolute atomic E-state index is 0.209. The molecule has 0 saturated carbocycles. The first-order valence-electron chi connectivity index (χ1n) is 4.62. The molecule has 1 heterocycles. The first kappa shape index (κ1) is 12.2. The molecule has 0 spiro atoms. The number of hydrogen-bond acceptors (Lipinski definition) is 6. The van der Waals surface area contributed by atoms with Crippen molar-refractivity contribution < 1.29 is 18.9 Å². The molecule has 1 aromatic rings. The molecule has 88 valence electrons. The Hall–Kier alpha value is -1.89. The molecule has 0 aliphatic carbocycles. The van der Waals surface area contributed by atoms with Crippen LogP contribution in [0.15, 0.2) is 16.5 Å². The summed E-state index contributed by atoms with van der Waals surface area (Å²) in [4.78, 5) is 20.8. The van der Waals surface area contributed by atoms with Gasteiger partial charge in [-0.3, -0.25) is 14.9 Å². The maximum atomic E-state index is 11.1. The lowest BCUT2D eigenvalue weighted by atomic mass is 10.3. The SMILES string of the molecule is CC(OC(=O)[C@H](C)N)c1ccc([N+](=O)[O-])o1. The molecule has 1 aromatic heterocycles. The number of ether oxygens (including phenoxy) is 1. The highest BCUT2D eigenvalue weighted by molar-refractivity contribution is 5.75. The van der Waals surface area contributed by atoms with E-state index < -0.39 is 28.9 Å². The zero-order chi connectivity index (χ0) is 12.3. The maximum Gasteiger partial charge on any atom is 0.433 e. The number of carbonyl (C=O) groups is 1. The van der Waals surface area contributed by atoms with E-state index >= 15 is 0 Å². The standard InChI is InChI=1S/C9H12N2O5/c1-5(10)9(12)15-6(2)7-3-4-8(16-7)11(13)14/h3-6H,10H2,1-2H3/t5-,6?/m0/s1. The molecular formula is C9H12N2O5. The monoisotopic (exact) mass is 228 g/mol. The van der Waals surface area contributed by atoms with Gasteiger partial charge in [-0.1, -0.05) is 0 Å². The van der Waals surface area contributed by atoms with Crippen LogP contribution in [0, 0.1) is 10.1 Å². The fourth-order valence-electron chi connectivity index (χ4n) is 0.998. The van der Waals surface area contributed by atoms with Crippen molar-refractivity contribution >= 4 is 11.9 Å². The van der Waals surface area contributed by atoms with Crippen LogP contribution in [0.1, 0.15) is 25.7 Å². The van der Waals surface area contributed by atoms with Crippen LogP contribution in [0.5, 0.6) is 0 Å². The molecule has 2 atom stereocenters. The van der Waals surface area contributed by atoms with Crippen LogP contribution in [0.4, 0.5) is 5.88 Å². The van der Waals surface area contributed by atoms with Crippen LogP contribution < -0.4 is 5.73 Å². The van der Waals surface area contributed by atoms with Crippen molar-refractivity contribution in [2.45, 2.75) is 26.0 Å². The molecule has 0 aliphatic heterocycles. The Morgan fingerprint density at radius 1 is 1.56 bits per heavy atom. The highest BCUT2D eigenvalue weighted by Crippen LogP contribution is 2.23. The van der Waals surface area contributed by atoms with Gasteiger partial charge in [-0.05, 0) is 19.9 Å². The molecule has 0 amide bonds. The predicted molar refractivity (Wildman–Crippen MR) is 53.5 cm³/mol. The third-order valence-corrected chi connectivity index (χ3v) is 1.86. The fourth-order valence-corrected chi connectivity index (χ4v) is 0.998. The second kappa shape index (κ2) is 4.75. The van der Waals surface area contributed by atoms with Crippen molar-refractivity contribution in [2.24, 2.45) is 5.73 Å². The number of esters is 1. The molecule has 7 nitrogen and oxygen atoms in total. The molecule has 0 fully saturated rings. The van der Waals surface area contributed by atoms with Crippen molar-refractivity contribution in [3.05, 3.63) is 28.0 Å². The highest BCUT2D eigenvalue weighted by Gasteiger charge is 2.20. The van der Waals surface area contributed by atoms with Crippen LogP contribution in [0.2, 0.25) is 0 Å². The van der Waals surface area contributed by atoms with Gasteiger partial charge in [0.25, 0.3) is 0 Å². The first-order chi connectivity index (χ1) is 7.41. The second-order valence-electron chi connectivity index (χ2n) is 3.30. The summed E-state index contributed by atoms with van der Waals surface area (Å²) in [5, 5.41) is 10.4. The summed E-state index contributed by atoms with van der Waals surface area (Å²) in [5.74, 6) is -0.772. The number of carbonyl (C=O) groups excluding carboxylic acids is 1. The third-order valence-electron chi connectivity index (χ3n) is 1.86. The Labute approximate surface area is 91.3 Å². The Balaban J connectivity index is 2.69. The van der Waals surface area contributed by atoms with Crippen LogP contribution in [0.25, 0.3) is 0 Å². The van der Waals surface area contributed by atoms with Gasteiger partial charge in [-0.15, -0.1) is 0 Å². The lowest BCUT2D eigenvalue weighted by Crippen LogP contribution is -2.29. The van der Waals surface area contributed by atoms with E-state index in [1.54, 1.807) is 6.92 Å². The average Bonchev–Trinajstić information content (AvgIpc) is 2.65. The molecule has 0 aromatic carbocycles. The van der Waals surface area contributed by atoms with E-state index in [9.17, 15) is 14.9 Å². The molecule has 0 radical (unpaired) electrons. The maximum absolute atomic E-state index is 11.1. The number of hydrogen-bond donors (Lipinski definition) is 1. The van der Waals surface area contributed by atoms with Gasteiger partial charge in [0.05, 0.1) is 6.07 Å². The van der Waals surface area contributed by atoms with Crippen molar-refractivity contribution in [1.29, 1.82) is 0 Å². The van der Waals surface area contributed by atoms with E-state index in [1.807, 2.05) is 0 Å². The molecule has 2 N–H and O–H groups in total. The van der Waals surface area contributed by atoms with Gasteiger partial charge in [0.1, 0.15) is 11.0 Å². The minimum atomic E-state index is -0.743. The number of rotatable bonds is 4. The fraction of sp³-hybridized carbons (Fsp3) is 0.444. The van der Waals surface area contributed by atoms with E-state index in [-0.39, 0.29) is 5.76 Å². The minimum Gasteiger partial charge on any atom is -0.453 e. The number of nitro groups is 1. The van der Waals surface area contributed by atoms with Crippen LogP contribution in [-0.4, -0.2) is 16.9 Å². The Kier molecular flexibility index (Phi) is 3.62. The van der Waals surface area contributed by atoms with Gasteiger partial charge in [0.15, 0.2) is 11.9 Å². The molecule has 1 unspecified atom stereocenters. The summed E-state index contributed by atoms with van der Waals surface area (Å²) in [5.41, 5.74) is 5.30. The summed E-state index contributed by atoms with van der Waals surface area (Å²) in [6.07, 6.45) is -0.702. The summed E-state index contributed by atoms with van der Waals surface area (Å²) < 4.78 is 9.78. The van der Waals surface area contributed by atoms with Gasteiger partial charge in [-0.25, -0.2) is 0 Å². The molecule has 1 rings (SSSR count). The normalized spacial score (nSPS) is 14.2. The van der Waals surface area contributed by atoms with E-state index in [2.05, 4.69) is 0 Å². The lowest BCUT2D eigenvalue weighted by molar-refractivity contribution is -0.402. The van der Waals surface area contributed by atoms with Crippen molar-refractivity contribution in [1.82, 2.24) is 0 Å². The van der Waals surface area contributed by atoms with Gasteiger partial charge in [0.2, 0.25) is 0 Å². The summed E-state index contributed by atoms with van der Waals surface area (Å²) >= 11 is 0. The molecular weight excluding hydrogens is 216 g/mol. The highest BCUT2D eigenvalue weighted by atomic mass is 16.7. The van der Waals surface area contributed by atoms with E-state index in [1.165, 1.54) is 19.1 Å². The van der Waals surface area contributed by atoms with Gasteiger partial charge in [0, 0.05) is 0 Å². The first-order valence-corrected chi connectivity index (χ1v) is 4.62. The van der Waals surface area contributed by atoms with Crippen LogP contribution in [0.3, 0.4) is 0 Å². The predicted octanol–water partition coefficient (Wildman–Crippen LogP) is 1.14. The molecule has 16 heavy (non-hydrogen) atoms. The summed E-state index contributed by atoms with van der Waals surface area (Å²) in [6.45, 7) is 3.03. The largest absolute Gasteiger partial charge is 0.453 e. The lowest BCUT2D eigenvalue weighted by Gasteiger charge is -2.11. The van der Waals surface area contributed by atoms with Crippen molar-refractivity contribution in [3.63, 3.8) is 0 Å². The molecule has 0 aliphatic rings. The smallest absolute Gasteiger partial charge is 0.433 e. The zero-order valence-corrected chi connectivity index (χ0v) is 8.88. The molecule has 0 bridgehead atoms. The zero-order valence-electron chi connectivity index (χ0n) is 8.88. The quantitative estimate of drug-likeness (QED) is 0.470. The number of furan rings is 1. The number of nitrogens with two attached hydrogens (primary N) is 1. The molecule has 7 heteroatoms. The Bertz CT molecular complexity index is 398. The van der Waals surface area contributed by atoms with Gasteiger partial charge in [-0.2, -0.15) is 0 Å². The third kappa shape index (κ3) is 2.80.